The summed E-state index contributed by atoms with van der Waals surface area (Å²) in [6.45, 7) is 3.80. The quantitative estimate of drug-likeness (QED) is 0.826. The van der Waals surface area contributed by atoms with Crippen LogP contribution in [0.2, 0.25) is 5.02 Å². The molecule has 1 N–H and O–H groups in total. The number of rotatable bonds is 4. The number of amides is 1. The molecule has 0 aliphatic carbocycles. The zero-order valence-corrected chi connectivity index (χ0v) is 10.9. The lowest BCUT2D eigenvalue weighted by atomic mass is 10.1. The van der Waals surface area contributed by atoms with Crippen molar-refractivity contribution in [1.29, 1.82) is 0 Å². The molecule has 0 saturated heterocycles. The minimum absolute atomic E-state index is 0.0771. The molecule has 4 heteroatoms. The van der Waals surface area contributed by atoms with Gasteiger partial charge in [-0.25, -0.2) is 0 Å². The fourth-order valence-corrected chi connectivity index (χ4v) is 1.97. The summed E-state index contributed by atoms with van der Waals surface area (Å²) in [5, 5.41) is 3.53. The van der Waals surface area contributed by atoms with Crippen molar-refractivity contribution >= 4 is 29.1 Å². The highest BCUT2D eigenvalue weighted by molar-refractivity contribution is 6.30. The number of benzene rings is 1. The second-order valence-electron chi connectivity index (χ2n) is 3.81. The van der Waals surface area contributed by atoms with E-state index in [2.05, 4.69) is 5.32 Å². The van der Waals surface area contributed by atoms with E-state index < -0.39 is 0 Å². The number of hydrogen-bond acceptors (Lipinski definition) is 1. The van der Waals surface area contributed by atoms with Crippen LogP contribution in [0, 0.1) is 6.92 Å². The van der Waals surface area contributed by atoms with Gasteiger partial charge in [-0.3, -0.25) is 4.79 Å². The third-order valence-corrected chi connectivity index (χ3v) is 2.81. The zero-order valence-electron chi connectivity index (χ0n) is 9.39. The summed E-state index contributed by atoms with van der Waals surface area (Å²) in [6.07, 6.45) is 0.764. The highest BCUT2D eigenvalue weighted by Crippen LogP contribution is 2.15. The number of nitrogens with one attached hydrogen (secondary N) is 1. The average molecular weight is 260 g/mol. The Bertz CT molecular complexity index is 379. The molecule has 0 heterocycles. The van der Waals surface area contributed by atoms with E-state index in [1.807, 2.05) is 13.8 Å². The molecule has 2 nitrogen and oxygen atoms in total. The summed E-state index contributed by atoms with van der Waals surface area (Å²) in [5.74, 6) is 0.466. The van der Waals surface area contributed by atoms with E-state index in [0.717, 1.165) is 12.0 Å². The predicted octanol–water partition coefficient (Wildman–Crippen LogP) is 3.40. The van der Waals surface area contributed by atoms with Gasteiger partial charge in [0.25, 0.3) is 5.91 Å². The average Bonchev–Trinajstić information content (AvgIpc) is 2.17. The first-order valence-electron chi connectivity index (χ1n) is 5.17. The van der Waals surface area contributed by atoms with Gasteiger partial charge in [-0.1, -0.05) is 11.6 Å². The smallest absolute Gasteiger partial charge is 0.251 e. The topological polar surface area (TPSA) is 29.1 Å². The van der Waals surface area contributed by atoms with Crippen LogP contribution in [0.25, 0.3) is 0 Å². The SMILES string of the molecule is Cc1cc(Cl)ccc1C(=O)NC(C)CCCl. The van der Waals surface area contributed by atoms with Gasteiger partial charge in [0.1, 0.15) is 0 Å². The molecule has 1 unspecified atom stereocenters. The van der Waals surface area contributed by atoms with Crippen LogP contribution in [0.15, 0.2) is 18.2 Å². The van der Waals surface area contributed by atoms with E-state index in [1.54, 1.807) is 18.2 Å². The number of aryl methyl sites for hydroxylation is 1. The normalized spacial score (nSPS) is 12.2. The van der Waals surface area contributed by atoms with Gasteiger partial charge >= 0.3 is 0 Å². The lowest BCUT2D eigenvalue weighted by molar-refractivity contribution is 0.0939. The minimum atomic E-state index is -0.0771. The van der Waals surface area contributed by atoms with Crippen LogP contribution in [-0.4, -0.2) is 17.8 Å². The molecule has 1 atom stereocenters. The molecule has 1 rings (SSSR count). The van der Waals surface area contributed by atoms with Crippen LogP contribution in [-0.2, 0) is 0 Å². The Kier molecular flexibility index (Phi) is 5.10. The van der Waals surface area contributed by atoms with Crippen LogP contribution in [0.5, 0.6) is 0 Å². The number of carbonyl (C=O) groups excluding carboxylic acids is 1. The largest absolute Gasteiger partial charge is 0.350 e. The first-order valence-corrected chi connectivity index (χ1v) is 6.09. The van der Waals surface area contributed by atoms with Crippen LogP contribution >= 0.6 is 23.2 Å². The maximum atomic E-state index is 11.9. The van der Waals surface area contributed by atoms with Crippen molar-refractivity contribution in [3.8, 4) is 0 Å². The van der Waals surface area contributed by atoms with E-state index in [1.165, 1.54) is 0 Å². The molecule has 1 aromatic rings. The lowest BCUT2D eigenvalue weighted by Gasteiger charge is -2.13. The summed E-state index contributed by atoms with van der Waals surface area (Å²) in [6, 6.07) is 5.32. The molecule has 0 fully saturated rings. The summed E-state index contributed by atoms with van der Waals surface area (Å²) in [7, 11) is 0. The summed E-state index contributed by atoms with van der Waals surface area (Å²) in [4.78, 5) is 11.9. The number of carbonyl (C=O) groups is 1. The Morgan fingerprint density at radius 1 is 1.50 bits per heavy atom. The Labute approximate surface area is 106 Å². The van der Waals surface area contributed by atoms with Crippen molar-refractivity contribution in [2.24, 2.45) is 0 Å². The maximum absolute atomic E-state index is 11.9. The van der Waals surface area contributed by atoms with Crippen LogP contribution in [0.4, 0.5) is 0 Å². The third kappa shape index (κ3) is 3.69. The van der Waals surface area contributed by atoms with Crippen molar-refractivity contribution in [1.82, 2.24) is 5.32 Å². The fraction of sp³-hybridized carbons (Fsp3) is 0.417. The molecular formula is C12H15Cl2NO. The molecule has 0 aromatic heterocycles. The Hall–Kier alpha value is -0.730. The van der Waals surface area contributed by atoms with Crippen molar-refractivity contribution < 1.29 is 4.79 Å². The monoisotopic (exact) mass is 259 g/mol. The number of hydrogen-bond donors (Lipinski definition) is 1. The Balaban J connectivity index is 2.73. The molecular weight excluding hydrogens is 245 g/mol. The van der Waals surface area contributed by atoms with Gasteiger partial charge < -0.3 is 5.32 Å². The Morgan fingerprint density at radius 2 is 2.19 bits per heavy atom. The highest BCUT2D eigenvalue weighted by atomic mass is 35.5. The highest BCUT2D eigenvalue weighted by Gasteiger charge is 2.11. The molecule has 0 aliphatic rings. The van der Waals surface area contributed by atoms with Crippen molar-refractivity contribution in [2.75, 3.05) is 5.88 Å². The van der Waals surface area contributed by atoms with E-state index in [-0.39, 0.29) is 11.9 Å². The minimum Gasteiger partial charge on any atom is -0.350 e. The van der Waals surface area contributed by atoms with Crippen LogP contribution in [0.1, 0.15) is 29.3 Å². The standard InChI is InChI=1S/C12H15Cl2NO/c1-8-7-10(14)3-4-11(8)12(16)15-9(2)5-6-13/h3-4,7,9H,5-6H2,1-2H3,(H,15,16). The van der Waals surface area contributed by atoms with E-state index in [4.69, 9.17) is 23.2 Å². The maximum Gasteiger partial charge on any atom is 0.251 e. The van der Waals surface area contributed by atoms with Gasteiger partial charge in [-0.05, 0) is 44.0 Å². The lowest BCUT2D eigenvalue weighted by Crippen LogP contribution is -2.33. The second kappa shape index (κ2) is 6.12. The van der Waals surface area contributed by atoms with E-state index in [9.17, 15) is 4.79 Å². The Morgan fingerprint density at radius 3 is 2.75 bits per heavy atom. The van der Waals surface area contributed by atoms with E-state index in [0.29, 0.717) is 16.5 Å². The third-order valence-electron chi connectivity index (χ3n) is 2.35. The van der Waals surface area contributed by atoms with Gasteiger partial charge in [0.2, 0.25) is 0 Å². The number of alkyl halides is 1. The first kappa shape index (κ1) is 13.3. The zero-order chi connectivity index (χ0) is 12.1. The molecule has 0 bridgehead atoms. The predicted molar refractivity (Wildman–Crippen MR) is 68.5 cm³/mol. The molecule has 1 aromatic carbocycles. The van der Waals surface area contributed by atoms with Crippen molar-refractivity contribution in [3.63, 3.8) is 0 Å². The fourth-order valence-electron chi connectivity index (χ4n) is 1.42. The molecule has 0 spiro atoms. The molecule has 0 aliphatic heterocycles. The summed E-state index contributed by atoms with van der Waals surface area (Å²) < 4.78 is 0. The van der Waals surface area contributed by atoms with Crippen molar-refractivity contribution in [3.05, 3.63) is 34.3 Å². The van der Waals surface area contributed by atoms with Gasteiger partial charge in [-0.2, -0.15) is 0 Å². The van der Waals surface area contributed by atoms with Crippen molar-refractivity contribution in [2.45, 2.75) is 26.3 Å². The van der Waals surface area contributed by atoms with Gasteiger partial charge in [0, 0.05) is 22.5 Å². The molecule has 16 heavy (non-hydrogen) atoms. The molecule has 0 radical (unpaired) electrons. The van der Waals surface area contributed by atoms with Gasteiger partial charge in [-0.15, -0.1) is 11.6 Å². The molecule has 1 amide bonds. The molecule has 88 valence electrons. The first-order chi connectivity index (χ1) is 7.54. The number of halogens is 2. The van der Waals surface area contributed by atoms with Gasteiger partial charge in [0.15, 0.2) is 0 Å². The van der Waals surface area contributed by atoms with Gasteiger partial charge in [0.05, 0.1) is 0 Å². The summed E-state index contributed by atoms with van der Waals surface area (Å²) in [5.41, 5.74) is 1.54. The van der Waals surface area contributed by atoms with Crippen LogP contribution < -0.4 is 5.32 Å². The molecule has 0 saturated carbocycles. The summed E-state index contributed by atoms with van der Waals surface area (Å²) >= 11 is 11.4. The van der Waals surface area contributed by atoms with E-state index >= 15 is 0 Å². The second-order valence-corrected chi connectivity index (χ2v) is 4.63. The van der Waals surface area contributed by atoms with Crippen LogP contribution in [0.3, 0.4) is 0 Å².